The Kier molecular flexibility index (Phi) is 3.17. The van der Waals surface area contributed by atoms with Crippen LogP contribution in [-0.4, -0.2) is 10.2 Å². The lowest BCUT2D eigenvalue weighted by molar-refractivity contribution is 0.450. The molecule has 2 nitrogen and oxygen atoms in total. The predicted molar refractivity (Wildman–Crippen MR) is 55.6 cm³/mol. The summed E-state index contributed by atoms with van der Waals surface area (Å²) in [6.45, 7) is 0. The van der Waals surface area contributed by atoms with Gasteiger partial charge in [0.15, 0.2) is 0 Å². The zero-order chi connectivity index (χ0) is 9.14. The molecule has 0 spiro atoms. The van der Waals surface area contributed by atoms with Crippen LogP contribution < -0.4 is 0 Å². The lowest BCUT2D eigenvalue weighted by Crippen LogP contribution is -1.73. The van der Waals surface area contributed by atoms with Crippen molar-refractivity contribution in [1.82, 2.24) is 0 Å². The van der Waals surface area contributed by atoms with E-state index >= 15 is 0 Å². The molecular formula is C8H6Br2O2. The van der Waals surface area contributed by atoms with Crippen LogP contribution in [0.5, 0.6) is 11.5 Å². The SMILES string of the molecule is Oc1ccc(C=C(Br)Br)c(O)c1. The Bertz CT molecular complexity index is 317. The third kappa shape index (κ3) is 2.53. The van der Waals surface area contributed by atoms with E-state index in [1.54, 1.807) is 12.1 Å². The Morgan fingerprint density at radius 1 is 1.25 bits per heavy atom. The smallest absolute Gasteiger partial charge is 0.126 e. The molecule has 4 heteroatoms. The average Bonchev–Trinajstić information content (AvgIpc) is 1.94. The summed E-state index contributed by atoms with van der Waals surface area (Å²) in [5.41, 5.74) is 0.636. The number of benzene rings is 1. The molecule has 64 valence electrons. The Morgan fingerprint density at radius 3 is 2.42 bits per heavy atom. The van der Waals surface area contributed by atoms with Crippen LogP contribution in [0.4, 0.5) is 0 Å². The van der Waals surface area contributed by atoms with Crippen LogP contribution in [0.3, 0.4) is 0 Å². The number of rotatable bonds is 1. The highest BCUT2D eigenvalue weighted by molar-refractivity contribution is 9.28. The molecule has 1 aromatic rings. The van der Waals surface area contributed by atoms with Gasteiger partial charge in [-0.3, -0.25) is 0 Å². The van der Waals surface area contributed by atoms with Crippen molar-refractivity contribution in [1.29, 1.82) is 0 Å². The van der Waals surface area contributed by atoms with E-state index < -0.39 is 0 Å². The van der Waals surface area contributed by atoms with Crippen LogP contribution in [-0.2, 0) is 0 Å². The van der Waals surface area contributed by atoms with Crippen LogP contribution in [0, 0.1) is 0 Å². The van der Waals surface area contributed by atoms with Crippen molar-refractivity contribution in [2.45, 2.75) is 0 Å². The predicted octanol–water partition coefficient (Wildman–Crippen LogP) is 3.19. The first-order valence-electron chi connectivity index (χ1n) is 3.14. The second-order valence-electron chi connectivity index (χ2n) is 2.18. The number of aromatic hydroxyl groups is 2. The van der Waals surface area contributed by atoms with Gasteiger partial charge in [-0.2, -0.15) is 0 Å². The summed E-state index contributed by atoms with van der Waals surface area (Å²) in [6, 6.07) is 4.41. The van der Waals surface area contributed by atoms with Gasteiger partial charge in [0.25, 0.3) is 0 Å². The van der Waals surface area contributed by atoms with E-state index in [1.807, 2.05) is 0 Å². The van der Waals surface area contributed by atoms with E-state index in [9.17, 15) is 5.11 Å². The number of hydrogen-bond donors (Lipinski definition) is 2. The Labute approximate surface area is 86.8 Å². The molecule has 0 aromatic heterocycles. The second kappa shape index (κ2) is 3.96. The van der Waals surface area contributed by atoms with E-state index in [-0.39, 0.29) is 11.5 Å². The summed E-state index contributed by atoms with van der Waals surface area (Å²) in [4.78, 5) is 0. The highest BCUT2D eigenvalue weighted by Gasteiger charge is 1.98. The Balaban J connectivity index is 3.10. The first kappa shape index (κ1) is 9.61. The van der Waals surface area contributed by atoms with E-state index in [2.05, 4.69) is 31.9 Å². The maximum absolute atomic E-state index is 9.29. The molecule has 0 aliphatic carbocycles. The normalized spacial score (nSPS) is 9.50. The lowest BCUT2D eigenvalue weighted by Gasteiger charge is -1.98. The van der Waals surface area contributed by atoms with Gasteiger partial charge in [-0.05, 0) is 50.1 Å². The summed E-state index contributed by atoms with van der Waals surface area (Å²) < 4.78 is 0.732. The number of halogens is 2. The molecule has 1 rings (SSSR count). The zero-order valence-electron chi connectivity index (χ0n) is 5.96. The summed E-state index contributed by atoms with van der Waals surface area (Å²) >= 11 is 6.34. The van der Waals surface area contributed by atoms with Crippen molar-refractivity contribution < 1.29 is 10.2 Å². The summed E-state index contributed by atoms with van der Waals surface area (Å²) in [5.74, 6) is 0.0988. The van der Waals surface area contributed by atoms with E-state index in [1.165, 1.54) is 12.1 Å². The van der Waals surface area contributed by atoms with Crippen LogP contribution in [0.15, 0.2) is 21.6 Å². The van der Waals surface area contributed by atoms with Crippen molar-refractivity contribution in [3.63, 3.8) is 0 Å². The van der Waals surface area contributed by atoms with Crippen LogP contribution >= 0.6 is 31.9 Å². The van der Waals surface area contributed by atoms with Crippen LogP contribution in [0.25, 0.3) is 6.08 Å². The minimum Gasteiger partial charge on any atom is -0.508 e. The van der Waals surface area contributed by atoms with Gasteiger partial charge >= 0.3 is 0 Å². The van der Waals surface area contributed by atoms with Crippen molar-refractivity contribution in [2.75, 3.05) is 0 Å². The van der Waals surface area contributed by atoms with Crippen molar-refractivity contribution in [2.24, 2.45) is 0 Å². The number of hydrogen-bond acceptors (Lipinski definition) is 2. The molecule has 2 N–H and O–H groups in total. The zero-order valence-corrected chi connectivity index (χ0v) is 9.13. The van der Waals surface area contributed by atoms with E-state index in [0.29, 0.717) is 5.56 Å². The first-order valence-corrected chi connectivity index (χ1v) is 4.73. The maximum Gasteiger partial charge on any atom is 0.126 e. The monoisotopic (exact) mass is 292 g/mol. The molecule has 0 saturated heterocycles. The molecule has 0 aliphatic rings. The van der Waals surface area contributed by atoms with Gasteiger partial charge in [0.05, 0.1) is 3.39 Å². The van der Waals surface area contributed by atoms with Crippen molar-refractivity contribution in [3.8, 4) is 11.5 Å². The molecule has 0 fully saturated rings. The van der Waals surface area contributed by atoms with Crippen molar-refractivity contribution >= 4 is 37.9 Å². The summed E-state index contributed by atoms with van der Waals surface area (Å²) in [6.07, 6.45) is 1.69. The van der Waals surface area contributed by atoms with Gasteiger partial charge < -0.3 is 10.2 Å². The Hall–Kier alpha value is -0.480. The topological polar surface area (TPSA) is 40.5 Å². The lowest BCUT2D eigenvalue weighted by atomic mass is 10.2. The maximum atomic E-state index is 9.29. The number of phenolic OH excluding ortho intramolecular Hbond substituents is 2. The molecule has 0 amide bonds. The molecule has 0 atom stereocenters. The third-order valence-electron chi connectivity index (χ3n) is 1.28. The standard InChI is InChI=1S/C8H6Br2O2/c9-8(10)3-5-1-2-6(11)4-7(5)12/h1-4,11-12H. The molecule has 0 bridgehead atoms. The van der Waals surface area contributed by atoms with Gasteiger partial charge in [0.2, 0.25) is 0 Å². The molecule has 1 aromatic carbocycles. The fraction of sp³-hybridized carbons (Fsp3) is 0. The quantitative estimate of drug-likeness (QED) is 0.835. The molecule has 0 aliphatic heterocycles. The fourth-order valence-corrected chi connectivity index (χ4v) is 1.26. The first-order chi connectivity index (χ1) is 5.59. The average molecular weight is 294 g/mol. The second-order valence-corrected chi connectivity index (χ2v) is 4.95. The molecule has 0 saturated carbocycles. The Morgan fingerprint density at radius 2 is 1.92 bits per heavy atom. The van der Waals surface area contributed by atoms with Crippen molar-refractivity contribution in [3.05, 3.63) is 27.2 Å². The minimum atomic E-state index is 0.0476. The van der Waals surface area contributed by atoms with E-state index in [0.717, 1.165) is 3.39 Å². The minimum absolute atomic E-state index is 0.0476. The van der Waals surface area contributed by atoms with Gasteiger partial charge in [0, 0.05) is 11.6 Å². The van der Waals surface area contributed by atoms with Gasteiger partial charge in [0.1, 0.15) is 11.5 Å². The molecule has 0 heterocycles. The molecular weight excluding hydrogens is 288 g/mol. The molecule has 12 heavy (non-hydrogen) atoms. The highest BCUT2D eigenvalue weighted by atomic mass is 79.9. The van der Waals surface area contributed by atoms with Gasteiger partial charge in [-0.15, -0.1) is 0 Å². The third-order valence-corrected chi connectivity index (χ3v) is 1.74. The van der Waals surface area contributed by atoms with Crippen LogP contribution in [0.2, 0.25) is 0 Å². The van der Waals surface area contributed by atoms with Gasteiger partial charge in [-0.25, -0.2) is 0 Å². The van der Waals surface area contributed by atoms with Crippen LogP contribution in [0.1, 0.15) is 5.56 Å². The summed E-state index contributed by atoms with van der Waals surface area (Å²) in [7, 11) is 0. The molecule has 0 unspecified atom stereocenters. The number of phenols is 2. The molecule has 0 radical (unpaired) electrons. The fourth-order valence-electron chi connectivity index (χ4n) is 0.772. The van der Waals surface area contributed by atoms with Gasteiger partial charge in [-0.1, -0.05) is 0 Å². The van der Waals surface area contributed by atoms with E-state index in [4.69, 9.17) is 5.11 Å². The summed E-state index contributed by atoms with van der Waals surface area (Å²) in [5, 5.41) is 18.3. The highest BCUT2D eigenvalue weighted by Crippen LogP contribution is 2.27. The largest absolute Gasteiger partial charge is 0.508 e.